The van der Waals surface area contributed by atoms with Crippen LogP contribution in [0, 0.1) is 17.5 Å². The van der Waals surface area contributed by atoms with Crippen LogP contribution in [0.4, 0.5) is 13.2 Å². The zero-order valence-corrected chi connectivity index (χ0v) is 18.0. The first-order chi connectivity index (χ1) is 15.5. The number of aromatic hydroxyl groups is 1. The Morgan fingerprint density at radius 1 is 1.18 bits per heavy atom. The Labute approximate surface area is 187 Å². The molecule has 2 N–H and O–H groups in total. The van der Waals surface area contributed by atoms with Crippen LogP contribution in [0.5, 0.6) is 5.75 Å². The van der Waals surface area contributed by atoms with E-state index >= 15 is 0 Å². The first-order valence-electron chi connectivity index (χ1n) is 10.5. The van der Waals surface area contributed by atoms with Gasteiger partial charge in [-0.1, -0.05) is 13.8 Å². The third-order valence-corrected chi connectivity index (χ3v) is 6.54. The number of fused-ring (bicyclic) bond motifs is 4. The number of aromatic nitrogens is 1. The Morgan fingerprint density at radius 2 is 1.91 bits per heavy atom. The molecule has 5 rings (SSSR count). The van der Waals surface area contributed by atoms with E-state index in [1.807, 2.05) is 13.8 Å². The predicted molar refractivity (Wildman–Crippen MR) is 112 cm³/mol. The molecule has 0 bridgehead atoms. The van der Waals surface area contributed by atoms with Crippen LogP contribution in [0.15, 0.2) is 30.3 Å². The van der Waals surface area contributed by atoms with Gasteiger partial charge in [0.2, 0.25) is 0 Å². The fourth-order valence-corrected chi connectivity index (χ4v) is 5.10. The number of halogens is 3. The number of phenols is 1. The van der Waals surface area contributed by atoms with Gasteiger partial charge in [0.1, 0.15) is 23.8 Å². The van der Waals surface area contributed by atoms with Crippen LogP contribution in [-0.4, -0.2) is 40.1 Å². The second-order valence-electron chi connectivity index (χ2n) is 9.38. The minimum absolute atomic E-state index is 0.273. The summed E-state index contributed by atoms with van der Waals surface area (Å²) in [7, 11) is 0. The van der Waals surface area contributed by atoms with Crippen molar-refractivity contribution in [3.8, 4) is 11.4 Å². The van der Waals surface area contributed by atoms with Gasteiger partial charge in [0.15, 0.2) is 11.6 Å². The highest BCUT2D eigenvalue weighted by molar-refractivity contribution is 5.94. The number of ether oxygens (including phenoxy) is 2. The molecule has 2 aromatic carbocycles. The lowest BCUT2D eigenvalue weighted by atomic mass is 9.67. The molecule has 1 spiro atoms. The monoisotopic (exact) mass is 461 g/mol. The molecule has 2 aliphatic rings. The summed E-state index contributed by atoms with van der Waals surface area (Å²) in [6, 6.07) is 5.69. The molecular weight excluding hydrogens is 439 g/mol. The number of carboxylic acids is 1. The summed E-state index contributed by atoms with van der Waals surface area (Å²) >= 11 is 0. The molecule has 1 saturated carbocycles. The Hall–Kier alpha value is -3.04. The Morgan fingerprint density at radius 3 is 2.58 bits per heavy atom. The van der Waals surface area contributed by atoms with E-state index in [1.54, 1.807) is 4.57 Å². The van der Waals surface area contributed by atoms with Crippen molar-refractivity contribution in [1.82, 2.24) is 4.57 Å². The zero-order valence-electron chi connectivity index (χ0n) is 18.0. The first-order valence-corrected chi connectivity index (χ1v) is 10.5. The molecule has 174 valence electrons. The molecule has 0 saturated heterocycles. The van der Waals surface area contributed by atoms with Crippen LogP contribution in [-0.2, 0) is 25.3 Å². The van der Waals surface area contributed by atoms with E-state index in [-0.39, 0.29) is 24.1 Å². The van der Waals surface area contributed by atoms with Crippen LogP contribution < -0.4 is 0 Å². The second kappa shape index (κ2) is 7.23. The Bertz CT molecular complexity index is 1290. The van der Waals surface area contributed by atoms with Crippen LogP contribution in [0.1, 0.15) is 37.9 Å². The largest absolute Gasteiger partial charge is 0.507 e. The average Bonchev–Trinajstić information content (AvgIpc) is 3.05. The van der Waals surface area contributed by atoms with Crippen LogP contribution in [0.3, 0.4) is 0 Å². The quantitative estimate of drug-likeness (QED) is 0.597. The summed E-state index contributed by atoms with van der Waals surface area (Å²) in [6.07, 6.45) is 0.327. The summed E-state index contributed by atoms with van der Waals surface area (Å²) in [5.74, 6) is -4.10. The Kier molecular flexibility index (Phi) is 4.77. The molecule has 1 fully saturated rings. The molecule has 1 aliphatic carbocycles. The summed E-state index contributed by atoms with van der Waals surface area (Å²) in [4.78, 5) is 10.9. The average molecular weight is 461 g/mol. The predicted octanol–water partition coefficient (Wildman–Crippen LogP) is 4.52. The maximum atomic E-state index is 14.4. The smallest absolute Gasteiger partial charge is 0.329 e. The van der Waals surface area contributed by atoms with E-state index in [1.165, 1.54) is 12.1 Å². The Balaban J connectivity index is 1.76. The maximum Gasteiger partial charge on any atom is 0.329 e. The van der Waals surface area contributed by atoms with E-state index in [9.17, 15) is 23.1 Å². The zero-order chi connectivity index (χ0) is 23.7. The molecule has 9 heteroatoms. The minimum Gasteiger partial charge on any atom is -0.507 e. The third-order valence-electron chi connectivity index (χ3n) is 6.54. The molecule has 0 unspecified atom stereocenters. The van der Waals surface area contributed by atoms with Crippen LogP contribution in [0.25, 0.3) is 16.6 Å². The van der Waals surface area contributed by atoms with Crippen molar-refractivity contribution in [3.05, 3.63) is 59.0 Å². The van der Waals surface area contributed by atoms with E-state index in [2.05, 4.69) is 0 Å². The van der Waals surface area contributed by atoms with E-state index in [0.29, 0.717) is 35.0 Å². The number of hydrogen-bond acceptors (Lipinski definition) is 4. The van der Waals surface area contributed by atoms with Crippen molar-refractivity contribution in [1.29, 1.82) is 0 Å². The lowest BCUT2D eigenvalue weighted by Gasteiger charge is -2.52. The standard InChI is InChI=1S/C24H22F3NO5/c1-23(2)11-33-24(8-14(9-24)32-10-19(30)31)21-20-17(5-12(25)6-18(20)29)28(22(21)23)13-3-4-15(26)16(27)7-13/h3-7,14,29H,8-11H2,1-2H3,(H,30,31). The van der Waals surface area contributed by atoms with Gasteiger partial charge in [-0.3, -0.25) is 0 Å². The number of nitrogens with zero attached hydrogens (tertiary/aromatic N) is 1. The molecule has 2 heterocycles. The highest BCUT2D eigenvalue weighted by Gasteiger charge is 2.56. The highest BCUT2D eigenvalue weighted by Crippen LogP contribution is 2.57. The summed E-state index contributed by atoms with van der Waals surface area (Å²) in [5.41, 5.74) is 0.398. The van der Waals surface area contributed by atoms with Crippen molar-refractivity contribution in [2.75, 3.05) is 13.2 Å². The van der Waals surface area contributed by atoms with Crippen molar-refractivity contribution in [3.63, 3.8) is 0 Å². The number of phenolic OH excluding ortho intramolecular Hbond substituents is 1. The molecule has 0 radical (unpaired) electrons. The van der Waals surface area contributed by atoms with Crippen LogP contribution in [0.2, 0.25) is 0 Å². The fourth-order valence-electron chi connectivity index (χ4n) is 5.10. The van der Waals surface area contributed by atoms with E-state index < -0.39 is 41.0 Å². The van der Waals surface area contributed by atoms with Gasteiger partial charge < -0.3 is 24.3 Å². The molecule has 1 aromatic heterocycles. The molecule has 33 heavy (non-hydrogen) atoms. The fraction of sp³-hybridized carbons (Fsp3) is 0.375. The lowest BCUT2D eigenvalue weighted by Crippen LogP contribution is -2.54. The van der Waals surface area contributed by atoms with E-state index in [4.69, 9.17) is 14.6 Å². The number of carbonyl (C=O) groups is 1. The summed E-state index contributed by atoms with van der Waals surface area (Å²) < 4.78 is 55.6. The molecule has 1 aliphatic heterocycles. The van der Waals surface area contributed by atoms with Gasteiger partial charge in [0.05, 0.1) is 18.2 Å². The molecular formula is C24H22F3NO5. The van der Waals surface area contributed by atoms with Gasteiger partial charge >= 0.3 is 5.97 Å². The molecule has 6 nitrogen and oxygen atoms in total. The van der Waals surface area contributed by atoms with Crippen molar-refractivity contribution in [2.45, 2.75) is 43.8 Å². The first kappa shape index (κ1) is 21.8. The normalized spacial score (nSPS) is 23.5. The SMILES string of the molecule is CC1(C)COC2(CC(OCC(=O)O)C2)c2c1n(-c1ccc(F)c(F)c1)c1cc(F)cc(O)c21. The number of carboxylic acid groups (broad SMARTS) is 1. The van der Waals surface area contributed by atoms with Crippen molar-refractivity contribution >= 4 is 16.9 Å². The van der Waals surface area contributed by atoms with Gasteiger partial charge in [-0.2, -0.15) is 0 Å². The topological polar surface area (TPSA) is 80.9 Å². The highest BCUT2D eigenvalue weighted by atomic mass is 19.2. The third kappa shape index (κ3) is 3.29. The molecule has 3 aromatic rings. The number of hydrogen-bond donors (Lipinski definition) is 2. The van der Waals surface area contributed by atoms with Crippen molar-refractivity contribution in [2.24, 2.45) is 0 Å². The van der Waals surface area contributed by atoms with Crippen molar-refractivity contribution < 1.29 is 37.7 Å². The van der Waals surface area contributed by atoms with Gasteiger partial charge in [0.25, 0.3) is 0 Å². The van der Waals surface area contributed by atoms with Crippen LogP contribution >= 0.6 is 0 Å². The molecule has 0 amide bonds. The summed E-state index contributed by atoms with van der Waals surface area (Å²) in [6.45, 7) is 3.66. The van der Waals surface area contributed by atoms with Gasteiger partial charge in [-0.05, 0) is 18.2 Å². The summed E-state index contributed by atoms with van der Waals surface area (Å²) in [5, 5.41) is 20.0. The van der Waals surface area contributed by atoms with Gasteiger partial charge in [-0.15, -0.1) is 0 Å². The number of benzene rings is 2. The number of rotatable bonds is 4. The minimum atomic E-state index is -1.08. The lowest BCUT2D eigenvalue weighted by molar-refractivity contribution is -0.198. The number of aliphatic carboxylic acids is 1. The molecule has 0 atom stereocenters. The maximum absolute atomic E-state index is 14.4. The second-order valence-corrected chi connectivity index (χ2v) is 9.38. The van der Waals surface area contributed by atoms with Gasteiger partial charge in [-0.25, -0.2) is 18.0 Å². The van der Waals surface area contributed by atoms with E-state index in [0.717, 1.165) is 18.2 Å². The van der Waals surface area contributed by atoms with Gasteiger partial charge in [0, 0.05) is 52.7 Å².